The zero-order valence-corrected chi connectivity index (χ0v) is 23.9. The van der Waals surface area contributed by atoms with Crippen molar-refractivity contribution in [3.05, 3.63) is 96.7 Å². The van der Waals surface area contributed by atoms with Crippen LogP contribution in [0, 0.1) is 5.82 Å². The van der Waals surface area contributed by atoms with Gasteiger partial charge < -0.3 is 16.0 Å². The van der Waals surface area contributed by atoms with Crippen molar-refractivity contribution in [1.29, 1.82) is 0 Å². The first-order valence-electron chi connectivity index (χ1n) is 13.7. The van der Waals surface area contributed by atoms with Crippen LogP contribution in [-0.2, 0) is 10.0 Å². The predicted molar refractivity (Wildman–Crippen MR) is 158 cm³/mol. The number of rotatable bonds is 10. The molecule has 2 aromatic heterocycles. The molecule has 214 valence electrons. The molecule has 11 heteroatoms. The highest BCUT2D eigenvalue weighted by Gasteiger charge is 2.32. The van der Waals surface area contributed by atoms with Crippen molar-refractivity contribution in [2.24, 2.45) is 0 Å². The maximum Gasteiger partial charge on any atom is 0.243 e. The molecular formula is C30H34FN7O2S. The number of nitrogens with zero attached hydrogens (tertiary/aromatic N) is 4. The van der Waals surface area contributed by atoms with Gasteiger partial charge in [-0.25, -0.2) is 17.8 Å². The maximum atomic E-state index is 13.4. The molecule has 1 unspecified atom stereocenters. The summed E-state index contributed by atoms with van der Waals surface area (Å²) in [7, 11) is -1.98. The van der Waals surface area contributed by atoms with Crippen molar-refractivity contribution in [1.82, 2.24) is 24.6 Å². The summed E-state index contributed by atoms with van der Waals surface area (Å²) < 4.78 is 41.5. The van der Waals surface area contributed by atoms with E-state index >= 15 is 0 Å². The Morgan fingerprint density at radius 3 is 2.22 bits per heavy atom. The molecule has 2 aromatic carbocycles. The Morgan fingerprint density at radius 2 is 1.54 bits per heavy atom. The van der Waals surface area contributed by atoms with Crippen molar-refractivity contribution in [3.8, 4) is 0 Å². The van der Waals surface area contributed by atoms with Gasteiger partial charge in [0.15, 0.2) is 0 Å². The quantitative estimate of drug-likeness (QED) is 0.218. The molecule has 1 aliphatic carbocycles. The largest absolute Gasteiger partial charge is 0.340 e. The van der Waals surface area contributed by atoms with Gasteiger partial charge in [0.1, 0.15) is 11.6 Å². The molecule has 1 aliphatic rings. The first kappa shape index (κ1) is 28.6. The lowest BCUT2D eigenvalue weighted by atomic mass is 9.90. The van der Waals surface area contributed by atoms with Gasteiger partial charge in [0.05, 0.1) is 10.6 Å². The molecule has 0 spiro atoms. The van der Waals surface area contributed by atoms with Crippen LogP contribution in [0.3, 0.4) is 0 Å². The maximum absolute atomic E-state index is 13.4. The number of sulfonamides is 1. The van der Waals surface area contributed by atoms with Gasteiger partial charge in [-0.1, -0.05) is 6.07 Å². The molecular weight excluding hydrogens is 541 g/mol. The Balaban J connectivity index is 1.16. The van der Waals surface area contributed by atoms with Crippen LogP contribution in [0.5, 0.6) is 0 Å². The number of anilines is 4. The molecule has 3 N–H and O–H groups in total. The van der Waals surface area contributed by atoms with Crippen molar-refractivity contribution in [2.45, 2.75) is 55.6 Å². The Labute approximate surface area is 240 Å². The molecule has 0 radical (unpaired) electrons. The second-order valence-corrected chi connectivity index (χ2v) is 12.2. The number of aromatic nitrogens is 3. The normalized spacial score (nSPS) is 18.1. The van der Waals surface area contributed by atoms with E-state index in [2.05, 4.69) is 37.8 Å². The molecule has 2 heterocycles. The number of benzene rings is 2. The van der Waals surface area contributed by atoms with Gasteiger partial charge in [-0.15, -0.1) is 0 Å². The van der Waals surface area contributed by atoms with Crippen LogP contribution in [0.25, 0.3) is 0 Å². The van der Waals surface area contributed by atoms with E-state index in [1.54, 1.807) is 61.9 Å². The van der Waals surface area contributed by atoms with Crippen molar-refractivity contribution in [2.75, 3.05) is 17.7 Å². The summed E-state index contributed by atoms with van der Waals surface area (Å²) in [5.41, 5.74) is 2.35. The van der Waals surface area contributed by atoms with Gasteiger partial charge in [-0.3, -0.25) is 4.98 Å². The zero-order valence-electron chi connectivity index (χ0n) is 23.0. The molecule has 4 aromatic rings. The Morgan fingerprint density at radius 1 is 0.854 bits per heavy atom. The molecule has 0 bridgehead atoms. The van der Waals surface area contributed by atoms with Gasteiger partial charge in [0.25, 0.3) is 0 Å². The minimum atomic E-state index is -3.65. The van der Waals surface area contributed by atoms with E-state index in [0.717, 1.165) is 31.4 Å². The van der Waals surface area contributed by atoms with Crippen molar-refractivity contribution >= 4 is 33.2 Å². The van der Waals surface area contributed by atoms with E-state index in [1.807, 2.05) is 18.2 Å². The van der Waals surface area contributed by atoms with E-state index < -0.39 is 10.0 Å². The molecule has 0 aliphatic heterocycles. The molecule has 1 atom stereocenters. The first-order valence-corrected chi connectivity index (χ1v) is 15.1. The van der Waals surface area contributed by atoms with Crippen LogP contribution in [0.4, 0.5) is 27.5 Å². The van der Waals surface area contributed by atoms with Crippen LogP contribution < -0.4 is 16.0 Å². The molecule has 1 fully saturated rings. The van der Waals surface area contributed by atoms with Gasteiger partial charge >= 0.3 is 0 Å². The fourth-order valence-corrected chi connectivity index (χ4v) is 6.46. The Bertz CT molecular complexity index is 1530. The first-order chi connectivity index (χ1) is 19.8. The summed E-state index contributed by atoms with van der Waals surface area (Å²) in [5.74, 6) is 0.558. The highest BCUT2D eigenvalue weighted by molar-refractivity contribution is 7.89. The van der Waals surface area contributed by atoms with Crippen molar-refractivity contribution in [3.63, 3.8) is 0 Å². The van der Waals surface area contributed by atoms with E-state index in [9.17, 15) is 12.8 Å². The summed E-state index contributed by atoms with van der Waals surface area (Å²) in [6.45, 7) is 2.11. The Hall–Kier alpha value is -3.93. The van der Waals surface area contributed by atoms with E-state index in [1.165, 1.54) is 16.4 Å². The standard InChI is InChI=1S/C30H34FN7O2S/c1-21(28-5-3-4-19-32-28)34-23-10-14-26(15-11-23)38(2)41(39,40)27-16-12-25(13-17-27)36-30-33-20-18-29(37-30)35-24-8-6-22(31)7-9-24/h3-9,12-13,16-21,23,26,34H,10-11,14-15H2,1-2H3,(H2,33,35,36,37). The zero-order chi connectivity index (χ0) is 28.8. The molecule has 41 heavy (non-hydrogen) atoms. The fourth-order valence-electron chi connectivity index (χ4n) is 5.05. The molecule has 0 saturated heterocycles. The summed E-state index contributed by atoms with van der Waals surface area (Å²) in [6.07, 6.45) is 6.79. The number of nitrogens with one attached hydrogen (secondary N) is 3. The summed E-state index contributed by atoms with van der Waals surface area (Å²) in [5, 5.41) is 9.84. The van der Waals surface area contributed by atoms with Crippen LogP contribution in [0.2, 0.25) is 0 Å². The second-order valence-electron chi connectivity index (χ2n) is 10.2. The SMILES string of the molecule is CC(NC1CCC(N(C)S(=O)(=O)c2ccc(Nc3nccc(Nc4ccc(F)cc4)n3)cc2)CC1)c1ccccn1. The average molecular weight is 576 g/mol. The highest BCUT2D eigenvalue weighted by Crippen LogP contribution is 2.29. The summed E-state index contributed by atoms with van der Waals surface area (Å²) in [4.78, 5) is 13.3. The second kappa shape index (κ2) is 12.7. The van der Waals surface area contributed by atoms with E-state index in [4.69, 9.17) is 0 Å². The monoisotopic (exact) mass is 575 g/mol. The number of hydrogen-bond acceptors (Lipinski definition) is 8. The molecule has 1 saturated carbocycles. The third-order valence-electron chi connectivity index (χ3n) is 7.39. The van der Waals surface area contributed by atoms with Gasteiger partial charge in [-0.05, 0) is 99.3 Å². The lowest BCUT2D eigenvalue weighted by Crippen LogP contribution is -2.43. The topological polar surface area (TPSA) is 112 Å². The Kier molecular flexibility index (Phi) is 8.87. The minimum absolute atomic E-state index is 0.0502. The van der Waals surface area contributed by atoms with Crippen LogP contribution in [0.15, 0.2) is 90.1 Å². The van der Waals surface area contributed by atoms with Gasteiger partial charge in [0, 0.05) is 48.9 Å². The summed E-state index contributed by atoms with van der Waals surface area (Å²) in [6, 6.07) is 20.6. The van der Waals surface area contributed by atoms with E-state index in [-0.39, 0.29) is 22.8 Å². The van der Waals surface area contributed by atoms with Crippen LogP contribution >= 0.6 is 0 Å². The molecule has 5 rings (SSSR count). The highest BCUT2D eigenvalue weighted by atomic mass is 32.2. The van der Waals surface area contributed by atoms with Gasteiger partial charge in [-0.2, -0.15) is 9.29 Å². The van der Waals surface area contributed by atoms with Crippen LogP contribution in [0.1, 0.15) is 44.3 Å². The summed E-state index contributed by atoms with van der Waals surface area (Å²) >= 11 is 0. The van der Waals surface area contributed by atoms with Gasteiger partial charge in [0.2, 0.25) is 16.0 Å². The number of halogens is 1. The smallest absolute Gasteiger partial charge is 0.243 e. The lowest BCUT2D eigenvalue weighted by molar-refractivity contribution is 0.241. The molecule has 0 amide bonds. The lowest BCUT2D eigenvalue weighted by Gasteiger charge is -2.35. The third-order valence-corrected chi connectivity index (χ3v) is 9.31. The van der Waals surface area contributed by atoms with Crippen LogP contribution in [-0.4, -0.2) is 46.8 Å². The predicted octanol–water partition coefficient (Wildman–Crippen LogP) is 5.78. The third kappa shape index (κ3) is 7.24. The minimum Gasteiger partial charge on any atom is -0.340 e. The van der Waals surface area contributed by atoms with Crippen molar-refractivity contribution < 1.29 is 12.8 Å². The number of hydrogen-bond donors (Lipinski definition) is 3. The molecule has 9 nitrogen and oxygen atoms in total. The van der Waals surface area contributed by atoms with E-state index in [0.29, 0.717) is 29.2 Å². The fraction of sp³-hybridized carbons (Fsp3) is 0.300. The number of pyridine rings is 1. The average Bonchev–Trinajstić information content (AvgIpc) is 2.99.